The second-order valence-electron chi connectivity index (χ2n) is 4.95. The summed E-state index contributed by atoms with van der Waals surface area (Å²) in [5.74, 6) is 0.0145. The Labute approximate surface area is 115 Å². The number of amides is 1. The first kappa shape index (κ1) is 14.0. The molecule has 4 nitrogen and oxygen atoms in total. The van der Waals surface area contributed by atoms with E-state index in [-0.39, 0.29) is 5.91 Å². The van der Waals surface area contributed by atoms with Gasteiger partial charge in [-0.05, 0) is 31.5 Å². The van der Waals surface area contributed by atoms with Gasteiger partial charge in [0.25, 0.3) is 0 Å². The minimum Gasteiger partial charge on any atom is -0.325 e. The molecule has 0 atom stereocenters. The summed E-state index contributed by atoms with van der Waals surface area (Å²) in [6.45, 7) is 5.56. The lowest BCUT2D eigenvalue weighted by Gasteiger charge is -2.19. The predicted molar refractivity (Wildman–Crippen MR) is 78.2 cm³/mol. The molecule has 1 aromatic rings. The predicted octanol–water partition coefficient (Wildman–Crippen LogP) is 1.70. The first-order valence-corrected chi connectivity index (χ1v) is 7.09. The number of carbonyl (C=O) groups is 1. The number of benzene rings is 1. The van der Waals surface area contributed by atoms with Crippen LogP contribution in [0.1, 0.15) is 19.8 Å². The van der Waals surface area contributed by atoms with Gasteiger partial charge in [-0.15, -0.1) is 0 Å². The summed E-state index contributed by atoms with van der Waals surface area (Å²) < 4.78 is 0. The van der Waals surface area contributed by atoms with Gasteiger partial charge in [0, 0.05) is 24.8 Å². The van der Waals surface area contributed by atoms with E-state index in [2.05, 4.69) is 22.5 Å². The van der Waals surface area contributed by atoms with Gasteiger partial charge in [0.2, 0.25) is 5.91 Å². The second-order valence-corrected chi connectivity index (χ2v) is 4.95. The summed E-state index contributed by atoms with van der Waals surface area (Å²) in [5, 5.41) is 6.06. The van der Waals surface area contributed by atoms with Gasteiger partial charge in [-0.2, -0.15) is 0 Å². The number of hydrogen-bond acceptors (Lipinski definition) is 3. The van der Waals surface area contributed by atoms with Crippen molar-refractivity contribution in [2.24, 2.45) is 0 Å². The molecule has 1 aromatic carbocycles. The van der Waals surface area contributed by atoms with Crippen LogP contribution in [0.25, 0.3) is 0 Å². The fraction of sp³-hybridized carbons (Fsp3) is 0.533. The molecule has 0 saturated heterocycles. The number of nitrogens with zero attached hydrogens (tertiary/aromatic N) is 1. The molecule has 2 N–H and O–H groups in total. The average molecular weight is 261 g/mol. The van der Waals surface area contributed by atoms with Crippen LogP contribution in [-0.4, -0.2) is 43.0 Å². The normalized spacial score (nSPS) is 14.6. The van der Waals surface area contributed by atoms with E-state index in [0.29, 0.717) is 6.54 Å². The number of likely N-dealkylation sites (N-methyl/N-ethyl adjacent to an activating group) is 1. The Hall–Kier alpha value is -1.39. The van der Waals surface area contributed by atoms with Crippen molar-refractivity contribution in [3.8, 4) is 0 Å². The van der Waals surface area contributed by atoms with E-state index in [1.807, 2.05) is 30.3 Å². The molecule has 0 heterocycles. The van der Waals surface area contributed by atoms with Gasteiger partial charge < -0.3 is 10.6 Å². The SMILES string of the molecule is CCN(CCNCC(=O)Nc1ccccc1)C1CC1. The van der Waals surface area contributed by atoms with Crippen LogP contribution in [0, 0.1) is 0 Å². The van der Waals surface area contributed by atoms with E-state index in [1.165, 1.54) is 12.8 Å². The zero-order valence-corrected chi connectivity index (χ0v) is 11.6. The maximum atomic E-state index is 11.7. The molecule has 1 fully saturated rings. The maximum Gasteiger partial charge on any atom is 0.238 e. The molecular formula is C15H23N3O. The smallest absolute Gasteiger partial charge is 0.238 e. The average Bonchev–Trinajstić information content (AvgIpc) is 3.24. The van der Waals surface area contributed by atoms with Crippen molar-refractivity contribution >= 4 is 11.6 Å². The molecule has 0 spiro atoms. The van der Waals surface area contributed by atoms with Crippen molar-refractivity contribution in [2.75, 3.05) is 31.5 Å². The fourth-order valence-electron chi connectivity index (χ4n) is 2.19. The first-order valence-electron chi connectivity index (χ1n) is 7.09. The van der Waals surface area contributed by atoms with E-state index in [9.17, 15) is 4.79 Å². The van der Waals surface area contributed by atoms with Crippen molar-refractivity contribution in [3.63, 3.8) is 0 Å². The standard InChI is InChI=1S/C15H23N3O/c1-2-18(14-8-9-14)11-10-16-12-15(19)17-13-6-4-3-5-7-13/h3-7,14,16H,2,8-12H2,1H3,(H,17,19). The number of rotatable bonds is 8. The highest BCUT2D eigenvalue weighted by Crippen LogP contribution is 2.25. The molecule has 2 rings (SSSR count). The molecule has 1 aliphatic rings. The summed E-state index contributed by atoms with van der Waals surface area (Å²) in [6.07, 6.45) is 2.67. The van der Waals surface area contributed by atoms with Crippen LogP contribution < -0.4 is 10.6 Å². The molecule has 1 saturated carbocycles. The van der Waals surface area contributed by atoms with E-state index in [4.69, 9.17) is 0 Å². The van der Waals surface area contributed by atoms with E-state index in [1.54, 1.807) is 0 Å². The van der Waals surface area contributed by atoms with Gasteiger partial charge in [-0.3, -0.25) is 9.69 Å². The zero-order chi connectivity index (χ0) is 13.5. The maximum absolute atomic E-state index is 11.7. The monoisotopic (exact) mass is 261 g/mol. The Morgan fingerprint density at radius 3 is 2.68 bits per heavy atom. The number of nitrogens with one attached hydrogen (secondary N) is 2. The van der Waals surface area contributed by atoms with Crippen molar-refractivity contribution < 1.29 is 4.79 Å². The number of para-hydroxylation sites is 1. The molecule has 104 valence electrons. The van der Waals surface area contributed by atoms with Crippen LogP contribution in [0.5, 0.6) is 0 Å². The number of carbonyl (C=O) groups excluding carboxylic acids is 1. The van der Waals surface area contributed by atoms with E-state index in [0.717, 1.165) is 31.4 Å². The van der Waals surface area contributed by atoms with Crippen LogP contribution in [0.4, 0.5) is 5.69 Å². The van der Waals surface area contributed by atoms with Gasteiger partial charge >= 0.3 is 0 Å². The highest BCUT2D eigenvalue weighted by atomic mass is 16.1. The molecule has 0 aliphatic heterocycles. The topological polar surface area (TPSA) is 44.4 Å². The Kier molecular flexibility index (Phi) is 5.36. The Bertz CT molecular complexity index is 390. The third kappa shape index (κ3) is 5.01. The molecule has 0 radical (unpaired) electrons. The number of hydrogen-bond donors (Lipinski definition) is 2. The minimum atomic E-state index is 0.0145. The Morgan fingerprint density at radius 1 is 1.32 bits per heavy atom. The highest BCUT2D eigenvalue weighted by Gasteiger charge is 2.26. The largest absolute Gasteiger partial charge is 0.325 e. The van der Waals surface area contributed by atoms with Gasteiger partial charge in [0.15, 0.2) is 0 Å². The minimum absolute atomic E-state index is 0.0145. The third-order valence-corrected chi connectivity index (χ3v) is 3.39. The van der Waals surface area contributed by atoms with Crippen molar-refractivity contribution in [1.29, 1.82) is 0 Å². The summed E-state index contributed by atoms with van der Waals surface area (Å²) >= 11 is 0. The fourth-order valence-corrected chi connectivity index (χ4v) is 2.19. The van der Waals surface area contributed by atoms with Crippen LogP contribution in [0.2, 0.25) is 0 Å². The van der Waals surface area contributed by atoms with Crippen molar-refractivity contribution in [2.45, 2.75) is 25.8 Å². The van der Waals surface area contributed by atoms with Crippen LogP contribution in [0.3, 0.4) is 0 Å². The zero-order valence-electron chi connectivity index (χ0n) is 11.6. The van der Waals surface area contributed by atoms with Gasteiger partial charge in [0.1, 0.15) is 0 Å². The molecular weight excluding hydrogens is 238 g/mol. The van der Waals surface area contributed by atoms with Gasteiger partial charge in [0.05, 0.1) is 6.54 Å². The molecule has 1 amide bonds. The molecule has 1 aliphatic carbocycles. The van der Waals surface area contributed by atoms with E-state index < -0.39 is 0 Å². The first-order chi connectivity index (χ1) is 9.29. The summed E-state index contributed by atoms with van der Waals surface area (Å²) in [6, 6.07) is 10.3. The molecule has 0 bridgehead atoms. The van der Waals surface area contributed by atoms with Crippen molar-refractivity contribution in [1.82, 2.24) is 10.2 Å². The van der Waals surface area contributed by atoms with Crippen LogP contribution in [-0.2, 0) is 4.79 Å². The van der Waals surface area contributed by atoms with Gasteiger partial charge in [-0.1, -0.05) is 25.1 Å². The quantitative estimate of drug-likeness (QED) is 0.700. The lowest BCUT2D eigenvalue weighted by Crippen LogP contribution is -2.36. The molecule has 4 heteroatoms. The Balaban J connectivity index is 1.58. The summed E-state index contributed by atoms with van der Waals surface area (Å²) in [4.78, 5) is 14.2. The van der Waals surface area contributed by atoms with Crippen LogP contribution >= 0.6 is 0 Å². The summed E-state index contributed by atoms with van der Waals surface area (Å²) in [7, 11) is 0. The molecule has 19 heavy (non-hydrogen) atoms. The Morgan fingerprint density at radius 2 is 2.05 bits per heavy atom. The van der Waals surface area contributed by atoms with Crippen molar-refractivity contribution in [3.05, 3.63) is 30.3 Å². The summed E-state index contributed by atoms with van der Waals surface area (Å²) in [5.41, 5.74) is 0.850. The highest BCUT2D eigenvalue weighted by molar-refractivity contribution is 5.92. The molecule has 0 unspecified atom stereocenters. The van der Waals surface area contributed by atoms with Crippen LogP contribution in [0.15, 0.2) is 30.3 Å². The number of anilines is 1. The van der Waals surface area contributed by atoms with E-state index >= 15 is 0 Å². The second kappa shape index (κ2) is 7.26. The lowest BCUT2D eigenvalue weighted by atomic mass is 10.3. The third-order valence-electron chi connectivity index (χ3n) is 3.39. The lowest BCUT2D eigenvalue weighted by molar-refractivity contribution is -0.115. The molecule has 0 aromatic heterocycles. The van der Waals surface area contributed by atoms with Gasteiger partial charge in [-0.25, -0.2) is 0 Å².